The lowest BCUT2D eigenvalue weighted by atomic mass is 9.84. The van der Waals surface area contributed by atoms with E-state index < -0.39 is 0 Å². The lowest BCUT2D eigenvalue weighted by molar-refractivity contribution is 0.0356. The lowest BCUT2D eigenvalue weighted by Gasteiger charge is -2.46. The first-order valence-corrected chi connectivity index (χ1v) is 9.07. The van der Waals surface area contributed by atoms with E-state index >= 15 is 0 Å². The Labute approximate surface area is 136 Å². The van der Waals surface area contributed by atoms with Crippen LogP contribution in [0.5, 0.6) is 5.75 Å². The lowest BCUT2D eigenvalue weighted by Crippen LogP contribution is -2.52. The Balaban J connectivity index is 1.67. The number of rotatable bonds is 1. The van der Waals surface area contributed by atoms with Crippen LogP contribution in [-0.2, 0) is 0 Å². The molecule has 2 aromatic rings. The maximum atomic E-state index is 9.81. The number of fused-ring (bicyclic) bond motifs is 3. The average molecular weight is 316 g/mol. The molecule has 1 aromatic carbocycles. The van der Waals surface area contributed by atoms with Crippen LogP contribution in [0.1, 0.15) is 58.1 Å². The van der Waals surface area contributed by atoms with Gasteiger partial charge in [-0.05, 0) is 76.2 Å². The van der Waals surface area contributed by atoms with Gasteiger partial charge in [0, 0.05) is 28.9 Å². The summed E-state index contributed by atoms with van der Waals surface area (Å²) in [7, 11) is 0. The third-order valence-electron chi connectivity index (χ3n) is 5.38. The minimum Gasteiger partial charge on any atom is -0.508 e. The van der Waals surface area contributed by atoms with Crippen LogP contribution in [0.2, 0.25) is 0 Å². The monoisotopic (exact) mass is 316 g/mol. The molecule has 0 radical (unpaired) electrons. The molecule has 0 aliphatic carbocycles. The van der Waals surface area contributed by atoms with Crippen LogP contribution in [0.25, 0.3) is 10.1 Å². The molecule has 1 N–H and O–H groups in total. The number of phenols is 1. The molecular formula is C18H24N2OS. The summed E-state index contributed by atoms with van der Waals surface area (Å²) in [5, 5.41) is 11.0. The molecule has 4 rings (SSSR count). The zero-order chi connectivity index (χ0) is 15.5. The molecule has 2 saturated heterocycles. The van der Waals surface area contributed by atoms with Crippen molar-refractivity contribution in [1.82, 2.24) is 9.27 Å². The van der Waals surface area contributed by atoms with Crippen molar-refractivity contribution in [1.29, 1.82) is 0 Å². The molecule has 0 spiro atoms. The number of benzene rings is 1. The Morgan fingerprint density at radius 3 is 2.50 bits per heavy atom. The molecule has 2 aliphatic heterocycles. The highest BCUT2D eigenvalue weighted by Crippen LogP contribution is 2.47. The summed E-state index contributed by atoms with van der Waals surface area (Å²) < 4.78 is 5.95. The van der Waals surface area contributed by atoms with E-state index in [1.165, 1.54) is 41.5 Å². The molecule has 118 valence electrons. The van der Waals surface area contributed by atoms with Crippen molar-refractivity contribution in [2.24, 2.45) is 0 Å². The highest BCUT2D eigenvalue weighted by atomic mass is 32.1. The zero-order valence-corrected chi connectivity index (χ0v) is 14.4. The maximum Gasteiger partial charge on any atom is 0.116 e. The molecule has 2 unspecified atom stereocenters. The maximum absolute atomic E-state index is 9.81. The smallest absolute Gasteiger partial charge is 0.116 e. The van der Waals surface area contributed by atoms with Gasteiger partial charge < -0.3 is 5.11 Å². The van der Waals surface area contributed by atoms with Gasteiger partial charge in [-0.15, -0.1) is 0 Å². The predicted octanol–water partition coefficient (Wildman–Crippen LogP) is 4.51. The van der Waals surface area contributed by atoms with Gasteiger partial charge in [0.05, 0.1) is 10.4 Å². The van der Waals surface area contributed by atoms with Gasteiger partial charge in [0.1, 0.15) is 5.75 Å². The standard InChI is InChI=1S/C18H24N2OS/c1-18(2,3)20-12-4-5-13(20)9-11(8-12)17-15-10-14(21)6-7-16(15)22-19-17/h6-7,10-13,21H,4-5,8-9H2,1-3H3. The van der Waals surface area contributed by atoms with E-state index in [1.54, 1.807) is 17.6 Å². The molecule has 2 aliphatic rings. The van der Waals surface area contributed by atoms with Crippen LogP contribution in [0.3, 0.4) is 0 Å². The molecule has 1 aromatic heterocycles. The fourth-order valence-corrected chi connectivity index (χ4v) is 5.57. The largest absolute Gasteiger partial charge is 0.508 e. The number of aromatic hydroxyl groups is 1. The molecule has 3 heterocycles. The Hall–Kier alpha value is -1.13. The fourth-order valence-electron chi connectivity index (χ4n) is 4.74. The fraction of sp³-hybridized carbons (Fsp3) is 0.611. The Morgan fingerprint density at radius 2 is 1.86 bits per heavy atom. The van der Waals surface area contributed by atoms with Gasteiger partial charge in [-0.2, -0.15) is 4.37 Å². The normalized spacial score (nSPS) is 29.3. The van der Waals surface area contributed by atoms with E-state index in [9.17, 15) is 5.11 Å². The van der Waals surface area contributed by atoms with Crippen molar-refractivity contribution in [3.05, 3.63) is 23.9 Å². The first kappa shape index (κ1) is 14.5. The van der Waals surface area contributed by atoms with Crippen LogP contribution in [-0.4, -0.2) is 32.0 Å². The summed E-state index contributed by atoms with van der Waals surface area (Å²) in [6.07, 6.45) is 5.07. The zero-order valence-electron chi connectivity index (χ0n) is 13.5. The molecule has 2 fully saturated rings. The predicted molar refractivity (Wildman–Crippen MR) is 91.7 cm³/mol. The number of hydrogen-bond donors (Lipinski definition) is 1. The van der Waals surface area contributed by atoms with Crippen LogP contribution < -0.4 is 0 Å². The highest BCUT2D eigenvalue weighted by molar-refractivity contribution is 7.13. The van der Waals surface area contributed by atoms with E-state index in [2.05, 4.69) is 25.7 Å². The third-order valence-corrected chi connectivity index (χ3v) is 6.22. The first-order chi connectivity index (χ1) is 10.4. The van der Waals surface area contributed by atoms with Crippen molar-refractivity contribution in [2.45, 2.75) is 70.0 Å². The second-order valence-corrected chi connectivity index (χ2v) is 8.68. The minimum atomic E-state index is 0.263. The van der Waals surface area contributed by atoms with E-state index in [0.29, 0.717) is 23.8 Å². The summed E-state index contributed by atoms with van der Waals surface area (Å²) >= 11 is 1.57. The second kappa shape index (κ2) is 4.93. The number of phenolic OH excluding ortho intramolecular Hbond substituents is 1. The van der Waals surface area contributed by atoms with E-state index in [1.807, 2.05) is 12.1 Å². The average Bonchev–Trinajstić information content (AvgIpc) is 2.97. The first-order valence-electron chi connectivity index (χ1n) is 8.30. The second-order valence-electron chi connectivity index (χ2n) is 7.88. The molecule has 2 atom stereocenters. The topological polar surface area (TPSA) is 36.4 Å². The van der Waals surface area contributed by atoms with Crippen molar-refractivity contribution < 1.29 is 5.11 Å². The SMILES string of the molecule is CC(C)(C)N1C2CCC1CC(c1nsc3ccc(O)cc13)C2. The van der Waals surface area contributed by atoms with Crippen LogP contribution in [0.15, 0.2) is 18.2 Å². The van der Waals surface area contributed by atoms with Gasteiger partial charge in [-0.1, -0.05) is 0 Å². The van der Waals surface area contributed by atoms with E-state index in [0.717, 1.165) is 0 Å². The number of hydrogen-bond acceptors (Lipinski definition) is 4. The summed E-state index contributed by atoms with van der Waals surface area (Å²) in [5.41, 5.74) is 1.49. The minimum absolute atomic E-state index is 0.263. The Morgan fingerprint density at radius 1 is 1.18 bits per heavy atom. The summed E-state index contributed by atoms with van der Waals surface area (Å²) in [5.74, 6) is 0.899. The van der Waals surface area contributed by atoms with Gasteiger partial charge in [-0.3, -0.25) is 4.90 Å². The van der Waals surface area contributed by atoms with E-state index in [4.69, 9.17) is 4.37 Å². The van der Waals surface area contributed by atoms with Gasteiger partial charge in [0.15, 0.2) is 0 Å². The van der Waals surface area contributed by atoms with Gasteiger partial charge in [0.25, 0.3) is 0 Å². The van der Waals surface area contributed by atoms with Crippen molar-refractivity contribution >= 4 is 21.6 Å². The third kappa shape index (κ3) is 2.24. The number of aromatic nitrogens is 1. The van der Waals surface area contributed by atoms with Crippen molar-refractivity contribution in [3.63, 3.8) is 0 Å². The Bertz CT molecular complexity index is 689. The molecule has 0 amide bonds. The molecule has 0 saturated carbocycles. The molecule has 3 nitrogen and oxygen atoms in total. The van der Waals surface area contributed by atoms with Crippen LogP contribution in [0, 0.1) is 0 Å². The van der Waals surface area contributed by atoms with Gasteiger partial charge in [-0.25, -0.2) is 0 Å². The number of nitrogens with zero attached hydrogens (tertiary/aromatic N) is 2. The van der Waals surface area contributed by atoms with Crippen LogP contribution >= 0.6 is 11.5 Å². The summed E-state index contributed by atoms with van der Waals surface area (Å²) in [6, 6.07) is 7.03. The summed E-state index contributed by atoms with van der Waals surface area (Å²) in [6.45, 7) is 7.03. The summed E-state index contributed by atoms with van der Waals surface area (Å²) in [4.78, 5) is 2.75. The van der Waals surface area contributed by atoms with Crippen molar-refractivity contribution in [2.75, 3.05) is 0 Å². The van der Waals surface area contributed by atoms with Gasteiger partial charge >= 0.3 is 0 Å². The number of piperidine rings is 1. The highest BCUT2D eigenvalue weighted by Gasteiger charge is 2.46. The van der Waals surface area contributed by atoms with E-state index in [-0.39, 0.29) is 5.54 Å². The molecule has 2 bridgehead atoms. The Kier molecular flexibility index (Phi) is 3.24. The molecule has 4 heteroatoms. The van der Waals surface area contributed by atoms with Crippen LogP contribution in [0.4, 0.5) is 0 Å². The molecule has 22 heavy (non-hydrogen) atoms. The van der Waals surface area contributed by atoms with Gasteiger partial charge in [0.2, 0.25) is 0 Å². The quantitative estimate of drug-likeness (QED) is 0.841. The van der Waals surface area contributed by atoms with Crippen molar-refractivity contribution in [3.8, 4) is 5.75 Å². The molecular weight excluding hydrogens is 292 g/mol.